The molecule has 0 radical (unpaired) electrons. The molecule has 21 heavy (non-hydrogen) atoms. The van der Waals surface area contributed by atoms with Gasteiger partial charge in [0.1, 0.15) is 0 Å². The van der Waals surface area contributed by atoms with Crippen LogP contribution >= 0.6 is 31.9 Å². The van der Waals surface area contributed by atoms with Crippen LogP contribution in [0.3, 0.4) is 0 Å². The second-order valence-electron chi connectivity index (χ2n) is 5.47. The summed E-state index contributed by atoms with van der Waals surface area (Å²) in [5.74, 6) is 0.0980. The Kier molecular flexibility index (Phi) is 4.38. The van der Waals surface area contributed by atoms with Crippen molar-refractivity contribution in [1.82, 2.24) is 10.3 Å². The van der Waals surface area contributed by atoms with E-state index in [1.807, 2.05) is 12.1 Å². The molecule has 0 bridgehead atoms. The summed E-state index contributed by atoms with van der Waals surface area (Å²) < 4.78 is 1.86. The predicted molar refractivity (Wildman–Crippen MR) is 89.4 cm³/mol. The van der Waals surface area contributed by atoms with Crippen molar-refractivity contribution >= 4 is 48.7 Å². The number of carbonyl (C=O) groups is 1. The highest BCUT2D eigenvalue weighted by atomic mass is 79.9. The number of H-pyrrole nitrogens is 1. The molecule has 0 aliphatic heterocycles. The van der Waals surface area contributed by atoms with Gasteiger partial charge in [0.05, 0.1) is 5.56 Å². The van der Waals surface area contributed by atoms with Gasteiger partial charge in [-0.2, -0.15) is 0 Å². The smallest absolute Gasteiger partial charge is 0.253 e. The fourth-order valence-corrected chi connectivity index (χ4v) is 3.68. The number of amides is 1. The Morgan fingerprint density at radius 3 is 2.86 bits per heavy atom. The molecular weight excluding hydrogens is 400 g/mol. The van der Waals surface area contributed by atoms with Crippen molar-refractivity contribution in [3.63, 3.8) is 0 Å². The van der Waals surface area contributed by atoms with Crippen LogP contribution in [0.2, 0.25) is 0 Å². The number of halogens is 2. The number of benzene rings is 1. The summed E-state index contributed by atoms with van der Waals surface area (Å²) in [4.78, 5) is 15.6. The van der Waals surface area contributed by atoms with Crippen LogP contribution in [0.15, 0.2) is 27.3 Å². The quantitative estimate of drug-likeness (QED) is 0.717. The molecule has 2 unspecified atom stereocenters. The maximum atomic E-state index is 12.5. The normalized spacial score (nSPS) is 21.9. The minimum atomic E-state index is -0.0826. The first-order valence-electron chi connectivity index (χ1n) is 6.98. The zero-order valence-corrected chi connectivity index (χ0v) is 14.5. The van der Waals surface area contributed by atoms with Crippen LogP contribution < -0.4 is 5.32 Å². The Labute approximate surface area is 139 Å². The van der Waals surface area contributed by atoms with Gasteiger partial charge in [-0.05, 0) is 56.8 Å². The van der Waals surface area contributed by atoms with Gasteiger partial charge in [0.2, 0.25) is 0 Å². The van der Waals surface area contributed by atoms with E-state index in [4.69, 9.17) is 0 Å². The summed E-state index contributed by atoms with van der Waals surface area (Å²) in [7, 11) is 0. The summed E-state index contributed by atoms with van der Waals surface area (Å²) in [6.45, 7) is 0.136. The maximum absolute atomic E-state index is 12.5. The minimum Gasteiger partial charge on any atom is -0.396 e. The second-order valence-corrected chi connectivity index (χ2v) is 7.18. The zero-order valence-electron chi connectivity index (χ0n) is 11.3. The third-order valence-electron chi connectivity index (χ3n) is 4.18. The van der Waals surface area contributed by atoms with E-state index in [1.54, 1.807) is 6.20 Å². The summed E-state index contributed by atoms with van der Waals surface area (Å²) >= 11 is 6.92. The first-order valence-corrected chi connectivity index (χ1v) is 8.56. The van der Waals surface area contributed by atoms with E-state index in [2.05, 4.69) is 42.2 Å². The Hall–Kier alpha value is -0.850. The number of fused-ring (bicyclic) bond motifs is 1. The van der Waals surface area contributed by atoms with Gasteiger partial charge in [-0.1, -0.05) is 6.42 Å². The number of aliphatic hydroxyl groups excluding tert-OH is 1. The third-order valence-corrected chi connectivity index (χ3v) is 6.02. The highest BCUT2D eigenvalue weighted by Crippen LogP contribution is 2.31. The van der Waals surface area contributed by atoms with Gasteiger partial charge < -0.3 is 15.4 Å². The Morgan fingerprint density at radius 2 is 2.10 bits per heavy atom. The van der Waals surface area contributed by atoms with Crippen LogP contribution in [-0.4, -0.2) is 28.6 Å². The highest BCUT2D eigenvalue weighted by molar-refractivity contribution is 9.13. The van der Waals surface area contributed by atoms with E-state index in [0.29, 0.717) is 5.56 Å². The van der Waals surface area contributed by atoms with Crippen molar-refractivity contribution in [2.24, 2.45) is 5.92 Å². The lowest BCUT2D eigenvalue weighted by molar-refractivity contribution is 0.0918. The Balaban J connectivity index is 1.86. The summed E-state index contributed by atoms with van der Waals surface area (Å²) in [5, 5.41) is 13.3. The SMILES string of the molecule is O=C(NC1CCCC1CO)c1c[nH]c2cc(Br)c(Br)cc12. The molecule has 0 saturated heterocycles. The Bertz CT molecular complexity index is 684. The van der Waals surface area contributed by atoms with E-state index < -0.39 is 0 Å². The molecule has 1 saturated carbocycles. The average molecular weight is 416 g/mol. The highest BCUT2D eigenvalue weighted by Gasteiger charge is 2.28. The number of aromatic nitrogens is 1. The summed E-state index contributed by atoms with van der Waals surface area (Å²) in [6.07, 6.45) is 4.72. The number of aromatic amines is 1. The molecule has 1 aliphatic carbocycles. The van der Waals surface area contributed by atoms with Crippen LogP contribution in [0.1, 0.15) is 29.6 Å². The number of rotatable bonds is 3. The maximum Gasteiger partial charge on any atom is 0.253 e. The topological polar surface area (TPSA) is 65.1 Å². The number of nitrogens with one attached hydrogen (secondary N) is 2. The van der Waals surface area contributed by atoms with E-state index >= 15 is 0 Å². The number of hydrogen-bond acceptors (Lipinski definition) is 2. The van der Waals surface area contributed by atoms with Gasteiger partial charge in [-0.25, -0.2) is 0 Å². The van der Waals surface area contributed by atoms with E-state index in [-0.39, 0.29) is 24.5 Å². The van der Waals surface area contributed by atoms with Crippen molar-refractivity contribution in [2.75, 3.05) is 6.61 Å². The van der Waals surface area contributed by atoms with Gasteiger partial charge in [0.25, 0.3) is 5.91 Å². The van der Waals surface area contributed by atoms with Gasteiger partial charge in [0.15, 0.2) is 0 Å². The van der Waals surface area contributed by atoms with Crippen molar-refractivity contribution in [3.8, 4) is 0 Å². The standard InChI is InChI=1S/C15H16Br2N2O2/c16-11-4-9-10(6-18-14(9)5-12(11)17)15(21)19-13-3-1-2-8(13)7-20/h4-6,8,13,18,20H,1-3,7H2,(H,19,21). The molecule has 1 fully saturated rings. The zero-order chi connectivity index (χ0) is 15.0. The molecule has 2 atom stereocenters. The fraction of sp³-hybridized carbons (Fsp3) is 0.400. The number of aliphatic hydroxyl groups is 1. The van der Waals surface area contributed by atoms with Gasteiger partial charge in [-0.15, -0.1) is 0 Å². The largest absolute Gasteiger partial charge is 0.396 e. The molecular formula is C15H16Br2N2O2. The minimum absolute atomic E-state index is 0.0753. The average Bonchev–Trinajstić information content (AvgIpc) is 3.06. The molecule has 1 aliphatic rings. The molecule has 3 rings (SSSR count). The van der Waals surface area contributed by atoms with Crippen molar-refractivity contribution in [3.05, 3.63) is 32.8 Å². The van der Waals surface area contributed by atoms with E-state index in [9.17, 15) is 9.90 Å². The Morgan fingerprint density at radius 1 is 1.33 bits per heavy atom. The molecule has 6 heteroatoms. The van der Waals surface area contributed by atoms with Crippen LogP contribution in [0.4, 0.5) is 0 Å². The summed E-state index contributed by atoms with van der Waals surface area (Å²) in [5.41, 5.74) is 1.56. The number of hydrogen-bond donors (Lipinski definition) is 3. The van der Waals surface area contributed by atoms with Crippen LogP contribution in [0, 0.1) is 5.92 Å². The second kappa shape index (κ2) is 6.10. The van der Waals surface area contributed by atoms with E-state index in [0.717, 1.165) is 39.1 Å². The molecule has 112 valence electrons. The first kappa shape index (κ1) is 15.1. The first-order chi connectivity index (χ1) is 10.1. The third kappa shape index (κ3) is 2.89. The van der Waals surface area contributed by atoms with Crippen LogP contribution in [-0.2, 0) is 0 Å². The predicted octanol–water partition coefficient (Wildman–Crippen LogP) is 3.58. The summed E-state index contributed by atoms with van der Waals surface area (Å²) in [6, 6.07) is 3.96. The molecule has 0 spiro atoms. The molecule has 1 aromatic carbocycles. The molecule has 3 N–H and O–H groups in total. The molecule has 1 aromatic heterocycles. The van der Waals surface area contributed by atoms with Gasteiger partial charge in [0, 0.05) is 44.6 Å². The van der Waals surface area contributed by atoms with Gasteiger partial charge >= 0.3 is 0 Å². The number of carbonyl (C=O) groups excluding carboxylic acids is 1. The van der Waals surface area contributed by atoms with Gasteiger partial charge in [-0.3, -0.25) is 4.79 Å². The molecule has 4 nitrogen and oxygen atoms in total. The van der Waals surface area contributed by atoms with Crippen LogP contribution in [0.5, 0.6) is 0 Å². The lowest BCUT2D eigenvalue weighted by Crippen LogP contribution is -2.38. The molecule has 1 heterocycles. The fourth-order valence-electron chi connectivity index (χ4n) is 3.00. The monoisotopic (exact) mass is 414 g/mol. The van der Waals surface area contributed by atoms with Crippen molar-refractivity contribution in [2.45, 2.75) is 25.3 Å². The van der Waals surface area contributed by atoms with Crippen LogP contribution in [0.25, 0.3) is 10.9 Å². The molecule has 2 aromatic rings. The molecule has 1 amide bonds. The van der Waals surface area contributed by atoms with Crippen molar-refractivity contribution < 1.29 is 9.90 Å². The van der Waals surface area contributed by atoms with Crippen molar-refractivity contribution in [1.29, 1.82) is 0 Å². The van der Waals surface area contributed by atoms with E-state index in [1.165, 1.54) is 0 Å². The lowest BCUT2D eigenvalue weighted by Gasteiger charge is -2.18. The lowest BCUT2D eigenvalue weighted by atomic mass is 10.0.